The zero-order chi connectivity index (χ0) is 13.2. The second-order valence-electron chi connectivity index (χ2n) is 4.21. The molecular weight excluding hydrogens is 243 g/mol. The smallest absolute Gasteiger partial charge is 0.257 e. The van der Waals surface area contributed by atoms with E-state index in [2.05, 4.69) is 10.3 Å². The molecule has 2 aromatic carbocycles. The summed E-state index contributed by atoms with van der Waals surface area (Å²) in [6.45, 7) is 0. The quantitative estimate of drug-likeness (QED) is 0.721. The third-order valence-corrected chi connectivity index (χ3v) is 2.94. The summed E-state index contributed by atoms with van der Waals surface area (Å²) in [6, 6.07) is 13.3. The van der Waals surface area contributed by atoms with Crippen LogP contribution in [0.15, 0.2) is 54.7 Å². The maximum Gasteiger partial charge on any atom is 0.257 e. The molecule has 0 atom stereocenters. The van der Waals surface area contributed by atoms with E-state index in [1.165, 1.54) is 24.3 Å². The van der Waals surface area contributed by atoms with Crippen molar-refractivity contribution in [3.05, 3.63) is 66.1 Å². The van der Waals surface area contributed by atoms with Crippen LogP contribution < -0.4 is 5.32 Å². The SMILES string of the molecule is O=C(Nc1ccc(F)cc1)c1c[nH]c2ccccc12. The zero-order valence-corrected chi connectivity index (χ0v) is 9.98. The van der Waals surface area contributed by atoms with Gasteiger partial charge in [0.15, 0.2) is 0 Å². The molecule has 0 bridgehead atoms. The fourth-order valence-electron chi connectivity index (χ4n) is 1.99. The van der Waals surface area contributed by atoms with Crippen LogP contribution in [0, 0.1) is 5.82 Å². The standard InChI is InChI=1S/C15H11FN2O/c16-10-5-7-11(8-6-10)18-15(19)13-9-17-14-4-2-1-3-12(13)14/h1-9,17H,(H,18,19). The first-order valence-electron chi connectivity index (χ1n) is 5.87. The first-order valence-corrected chi connectivity index (χ1v) is 5.87. The van der Waals surface area contributed by atoms with Crippen LogP contribution in [0.3, 0.4) is 0 Å². The first-order chi connectivity index (χ1) is 9.24. The highest BCUT2D eigenvalue weighted by Gasteiger charge is 2.11. The highest BCUT2D eigenvalue weighted by Crippen LogP contribution is 2.19. The molecule has 0 radical (unpaired) electrons. The van der Waals surface area contributed by atoms with Gasteiger partial charge in [-0.25, -0.2) is 4.39 Å². The molecule has 0 saturated heterocycles. The third kappa shape index (κ3) is 2.20. The van der Waals surface area contributed by atoms with E-state index >= 15 is 0 Å². The molecule has 1 heterocycles. The molecule has 0 fully saturated rings. The number of carbonyl (C=O) groups is 1. The molecule has 19 heavy (non-hydrogen) atoms. The minimum atomic E-state index is -0.329. The molecule has 4 heteroatoms. The number of aromatic amines is 1. The Morgan fingerprint density at radius 3 is 2.58 bits per heavy atom. The molecule has 3 nitrogen and oxygen atoms in total. The van der Waals surface area contributed by atoms with Crippen LogP contribution in [0.1, 0.15) is 10.4 Å². The lowest BCUT2D eigenvalue weighted by Gasteiger charge is -2.04. The summed E-state index contributed by atoms with van der Waals surface area (Å²) in [4.78, 5) is 15.2. The Balaban J connectivity index is 1.90. The molecule has 94 valence electrons. The molecule has 0 aliphatic carbocycles. The molecule has 1 amide bonds. The topological polar surface area (TPSA) is 44.9 Å². The van der Waals surface area contributed by atoms with E-state index in [1.54, 1.807) is 6.20 Å². The molecule has 2 N–H and O–H groups in total. The second-order valence-corrected chi connectivity index (χ2v) is 4.21. The molecule has 3 rings (SSSR count). The summed E-state index contributed by atoms with van der Waals surface area (Å²) >= 11 is 0. The van der Waals surface area contributed by atoms with Crippen molar-refractivity contribution in [3.8, 4) is 0 Å². The van der Waals surface area contributed by atoms with E-state index < -0.39 is 0 Å². The molecular formula is C15H11FN2O. The van der Waals surface area contributed by atoms with Crippen molar-refractivity contribution in [2.45, 2.75) is 0 Å². The monoisotopic (exact) mass is 254 g/mol. The van der Waals surface area contributed by atoms with Gasteiger partial charge in [0.1, 0.15) is 5.82 Å². The summed E-state index contributed by atoms with van der Waals surface area (Å²) in [7, 11) is 0. The van der Waals surface area contributed by atoms with Gasteiger partial charge >= 0.3 is 0 Å². The predicted molar refractivity (Wildman–Crippen MR) is 72.7 cm³/mol. The highest BCUT2D eigenvalue weighted by molar-refractivity contribution is 6.12. The Morgan fingerprint density at radius 2 is 1.79 bits per heavy atom. The number of H-pyrrole nitrogens is 1. The van der Waals surface area contributed by atoms with Gasteiger partial charge in [0, 0.05) is 22.8 Å². The van der Waals surface area contributed by atoms with Gasteiger partial charge in [-0.1, -0.05) is 18.2 Å². The Kier molecular flexibility index (Phi) is 2.76. The number of hydrogen-bond acceptors (Lipinski definition) is 1. The van der Waals surface area contributed by atoms with E-state index in [0.717, 1.165) is 10.9 Å². The summed E-state index contributed by atoms with van der Waals surface area (Å²) in [5.74, 6) is -0.547. The van der Waals surface area contributed by atoms with E-state index in [4.69, 9.17) is 0 Å². The van der Waals surface area contributed by atoms with Crippen LogP contribution >= 0.6 is 0 Å². The summed E-state index contributed by atoms with van der Waals surface area (Å²) in [5, 5.41) is 3.60. The highest BCUT2D eigenvalue weighted by atomic mass is 19.1. The summed E-state index contributed by atoms with van der Waals surface area (Å²) in [6.07, 6.45) is 1.67. The number of rotatable bonds is 2. The Morgan fingerprint density at radius 1 is 1.05 bits per heavy atom. The fraction of sp³-hybridized carbons (Fsp3) is 0. The average Bonchev–Trinajstić information content (AvgIpc) is 2.85. The number of fused-ring (bicyclic) bond motifs is 1. The molecule has 0 saturated carbocycles. The van der Waals surface area contributed by atoms with Gasteiger partial charge in [-0.15, -0.1) is 0 Å². The lowest BCUT2D eigenvalue weighted by atomic mass is 10.1. The lowest BCUT2D eigenvalue weighted by molar-refractivity contribution is 0.102. The number of halogens is 1. The van der Waals surface area contributed by atoms with Crippen LogP contribution in [0.25, 0.3) is 10.9 Å². The van der Waals surface area contributed by atoms with Crippen LogP contribution in [0.5, 0.6) is 0 Å². The van der Waals surface area contributed by atoms with Gasteiger partial charge < -0.3 is 10.3 Å². The third-order valence-electron chi connectivity index (χ3n) is 2.94. The van der Waals surface area contributed by atoms with Crippen molar-refractivity contribution in [1.82, 2.24) is 4.98 Å². The fourth-order valence-corrected chi connectivity index (χ4v) is 1.99. The van der Waals surface area contributed by atoms with Crippen molar-refractivity contribution in [3.63, 3.8) is 0 Å². The number of amides is 1. The van der Waals surface area contributed by atoms with Crippen molar-refractivity contribution in [2.75, 3.05) is 5.32 Å². The maximum atomic E-state index is 12.8. The van der Waals surface area contributed by atoms with Crippen LogP contribution in [-0.4, -0.2) is 10.9 Å². The second kappa shape index (κ2) is 4.57. The van der Waals surface area contributed by atoms with E-state index in [-0.39, 0.29) is 11.7 Å². The van der Waals surface area contributed by atoms with Gasteiger partial charge in [0.2, 0.25) is 0 Å². The lowest BCUT2D eigenvalue weighted by Crippen LogP contribution is -2.11. The predicted octanol–water partition coefficient (Wildman–Crippen LogP) is 3.56. The van der Waals surface area contributed by atoms with Gasteiger partial charge in [0.05, 0.1) is 5.56 Å². The van der Waals surface area contributed by atoms with Gasteiger partial charge in [-0.2, -0.15) is 0 Å². The number of nitrogens with one attached hydrogen (secondary N) is 2. The van der Waals surface area contributed by atoms with Crippen LogP contribution in [0.2, 0.25) is 0 Å². The van der Waals surface area contributed by atoms with E-state index in [0.29, 0.717) is 11.3 Å². The number of benzene rings is 2. The average molecular weight is 254 g/mol. The minimum absolute atomic E-state index is 0.218. The Labute approximate surface area is 109 Å². The zero-order valence-electron chi connectivity index (χ0n) is 9.98. The molecule has 3 aromatic rings. The van der Waals surface area contributed by atoms with Crippen molar-refractivity contribution >= 4 is 22.5 Å². The normalized spacial score (nSPS) is 10.6. The molecule has 0 unspecified atom stereocenters. The maximum absolute atomic E-state index is 12.8. The van der Waals surface area contributed by atoms with Crippen molar-refractivity contribution in [1.29, 1.82) is 0 Å². The molecule has 0 spiro atoms. The van der Waals surface area contributed by atoms with Crippen molar-refractivity contribution in [2.24, 2.45) is 0 Å². The summed E-state index contributed by atoms with van der Waals surface area (Å²) < 4.78 is 12.8. The minimum Gasteiger partial charge on any atom is -0.360 e. The van der Waals surface area contributed by atoms with Crippen LogP contribution in [0.4, 0.5) is 10.1 Å². The largest absolute Gasteiger partial charge is 0.360 e. The van der Waals surface area contributed by atoms with Gasteiger partial charge in [0.25, 0.3) is 5.91 Å². The van der Waals surface area contributed by atoms with Crippen molar-refractivity contribution < 1.29 is 9.18 Å². The van der Waals surface area contributed by atoms with Crippen LogP contribution in [-0.2, 0) is 0 Å². The summed E-state index contributed by atoms with van der Waals surface area (Å²) in [5.41, 5.74) is 2.04. The van der Waals surface area contributed by atoms with E-state index in [1.807, 2.05) is 24.3 Å². The van der Waals surface area contributed by atoms with Gasteiger partial charge in [-0.05, 0) is 30.3 Å². The molecule has 1 aromatic heterocycles. The molecule has 0 aliphatic heterocycles. The number of anilines is 1. The number of para-hydroxylation sites is 1. The number of carbonyl (C=O) groups excluding carboxylic acids is 1. The molecule has 0 aliphatic rings. The van der Waals surface area contributed by atoms with E-state index in [9.17, 15) is 9.18 Å². The van der Waals surface area contributed by atoms with Gasteiger partial charge in [-0.3, -0.25) is 4.79 Å². The Bertz CT molecular complexity index is 731. The Hall–Kier alpha value is -2.62. The number of hydrogen-bond donors (Lipinski definition) is 2. The number of aromatic nitrogens is 1. The first kappa shape index (κ1) is 11.5.